The van der Waals surface area contributed by atoms with Crippen molar-refractivity contribution in [1.82, 2.24) is 4.31 Å². The van der Waals surface area contributed by atoms with Crippen LogP contribution in [0.5, 0.6) is 11.5 Å². The minimum atomic E-state index is -4.55. The van der Waals surface area contributed by atoms with E-state index in [0.29, 0.717) is 5.75 Å². The van der Waals surface area contributed by atoms with E-state index >= 15 is 0 Å². The number of methoxy groups -OCH3 is 1. The third-order valence-corrected chi connectivity index (χ3v) is 7.66. The maximum absolute atomic E-state index is 13.1. The van der Waals surface area contributed by atoms with Crippen LogP contribution in [0.3, 0.4) is 0 Å². The summed E-state index contributed by atoms with van der Waals surface area (Å²) in [6.07, 6.45) is -4.16. The second-order valence-electron chi connectivity index (χ2n) is 7.67. The summed E-state index contributed by atoms with van der Waals surface area (Å²) in [6.45, 7) is 0.186. The number of piperidine rings is 1. The van der Waals surface area contributed by atoms with Gasteiger partial charge in [-0.2, -0.15) is 17.5 Å². The molecule has 2 aromatic carbocycles. The van der Waals surface area contributed by atoms with Crippen LogP contribution in [0.4, 0.5) is 13.2 Å². The fourth-order valence-electron chi connectivity index (χ4n) is 3.98. The Balaban J connectivity index is 1.53. The first-order chi connectivity index (χ1) is 14.5. The number of rotatable bonds is 3. The average Bonchev–Trinajstić information content (AvgIpc) is 2.73. The van der Waals surface area contributed by atoms with Crippen LogP contribution in [-0.2, 0) is 16.2 Å². The number of ether oxygens (including phenoxy) is 2. The van der Waals surface area contributed by atoms with Gasteiger partial charge in [-0.3, -0.25) is 4.79 Å². The number of halogens is 3. The number of nitrogens with zero attached hydrogens (tertiary/aromatic N) is 1. The highest BCUT2D eigenvalue weighted by molar-refractivity contribution is 7.89. The van der Waals surface area contributed by atoms with Crippen LogP contribution in [0.1, 0.15) is 35.2 Å². The number of alkyl halides is 3. The molecule has 2 aliphatic rings. The van der Waals surface area contributed by atoms with Crippen LogP contribution in [0.25, 0.3) is 0 Å². The number of hydrogen-bond acceptors (Lipinski definition) is 5. The number of fused-ring (bicyclic) bond motifs is 1. The van der Waals surface area contributed by atoms with Gasteiger partial charge in [0, 0.05) is 25.9 Å². The predicted octanol–water partition coefficient (Wildman–Crippen LogP) is 3.90. The van der Waals surface area contributed by atoms with Crippen molar-refractivity contribution in [1.29, 1.82) is 0 Å². The van der Waals surface area contributed by atoms with E-state index in [-0.39, 0.29) is 54.3 Å². The number of ketones is 1. The van der Waals surface area contributed by atoms with E-state index in [9.17, 15) is 26.4 Å². The lowest BCUT2D eigenvalue weighted by Gasteiger charge is -2.43. The SMILES string of the molecule is COc1ccc(S(=O)(=O)N2CCC3(CC2)CC(=O)c2ccc(C(F)(F)F)cc2O3)cc1. The van der Waals surface area contributed by atoms with Crippen molar-refractivity contribution in [2.45, 2.75) is 35.9 Å². The molecule has 2 aromatic rings. The van der Waals surface area contributed by atoms with E-state index < -0.39 is 27.4 Å². The Hall–Kier alpha value is -2.59. The van der Waals surface area contributed by atoms with Crippen LogP contribution in [0, 0.1) is 0 Å². The first-order valence-corrected chi connectivity index (χ1v) is 11.1. The van der Waals surface area contributed by atoms with Crippen LogP contribution < -0.4 is 9.47 Å². The van der Waals surface area contributed by atoms with Gasteiger partial charge in [-0.25, -0.2) is 8.42 Å². The number of benzene rings is 2. The normalized spacial score (nSPS) is 19.0. The van der Waals surface area contributed by atoms with Crippen LogP contribution in [-0.4, -0.2) is 44.3 Å². The van der Waals surface area contributed by atoms with Crippen molar-refractivity contribution in [2.75, 3.05) is 20.2 Å². The molecule has 0 atom stereocenters. The Labute approximate surface area is 177 Å². The number of Topliss-reactive ketones (excluding diaryl/α,β-unsaturated/α-hetero) is 1. The molecule has 1 fully saturated rings. The fraction of sp³-hybridized carbons (Fsp3) is 0.381. The topological polar surface area (TPSA) is 72.9 Å². The van der Waals surface area contributed by atoms with Crippen molar-refractivity contribution in [3.8, 4) is 11.5 Å². The number of carbonyl (C=O) groups excluding carboxylic acids is 1. The van der Waals surface area contributed by atoms with Gasteiger partial charge in [0.1, 0.15) is 17.1 Å². The molecule has 2 heterocycles. The average molecular weight is 455 g/mol. The zero-order valence-electron chi connectivity index (χ0n) is 16.6. The predicted molar refractivity (Wildman–Crippen MR) is 105 cm³/mol. The standard InChI is InChI=1S/C21H20F3NO5S/c1-29-15-3-5-16(6-4-15)31(27,28)25-10-8-20(9-11-25)13-18(26)17-7-2-14(21(22,23)24)12-19(17)30-20/h2-7,12H,8-11,13H2,1H3. The molecule has 0 aromatic heterocycles. The summed E-state index contributed by atoms with van der Waals surface area (Å²) in [5.74, 6) is 0.126. The van der Waals surface area contributed by atoms with E-state index in [1.165, 1.54) is 23.5 Å². The Bertz CT molecular complexity index is 1100. The molecule has 0 saturated carbocycles. The third-order valence-electron chi connectivity index (χ3n) is 5.75. The van der Waals surface area contributed by atoms with Gasteiger partial charge < -0.3 is 9.47 Å². The quantitative estimate of drug-likeness (QED) is 0.702. The maximum atomic E-state index is 13.1. The molecule has 0 bridgehead atoms. The molecule has 10 heteroatoms. The fourth-order valence-corrected chi connectivity index (χ4v) is 5.42. The van der Waals surface area contributed by atoms with Crippen LogP contribution in [0.15, 0.2) is 47.4 Å². The highest BCUT2D eigenvalue weighted by atomic mass is 32.2. The molecule has 0 amide bonds. The van der Waals surface area contributed by atoms with E-state index in [0.717, 1.165) is 18.2 Å². The second kappa shape index (κ2) is 7.52. The van der Waals surface area contributed by atoms with Gasteiger partial charge in [0.25, 0.3) is 0 Å². The zero-order valence-corrected chi connectivity index (χ0v) is 17.4. The zero-order chi connectivity index (χ0) is 22.4. The van der Waals surface area contributed by atoms with E-state index in [4.69, 9.17) is 9.47 Å². The molecule has 0 unspecified atom stereocenters. The molecule has 0 aliphatic carbocycles. The van der Waals surface area contributed by atoms with Crippen molar-refractivity contribution in [3.63, 3.8) is 0 Å². The van der Waals surface area contributed by atoms with Gasteiger partial charge in [-0.1, -0.05) is 0 Å². The van der Waals surface area contributed by atoms with E-state index in [1.807, 2.05) is 0 Å². The van der Waals surface area contributed by atoms with Crippen molar-refractivity contribution < 1.29 is 35.9 Å². The number of sulfonamides is 1. The van der Waals surface area contributed by atoms with Crippen molar-refractivity contribution >= 4 is 15.8 Å². The third kappa shape index (κ3) is 4.01. The summed E-state index contributed by atoms with van der Waals surface area (Å²) < 4.78 is 77.3. The second-order valence-corrected chi connectivity index (χ2v) is 9.61. The van der Waals surface area contributed by atoms with Gasteiger partial charge in [0.15, 0.2) is 5.78 Å². The lowest BCUT2D eigenvalue weighted by atomic mass is 9.83. The Morgan fingerprint density at radius 3 is 2.29 bits per heavy atom. The largest absolute Gasteiger partial charge is 0.497 e. The molecule has 0 radical (unpaired) electrons. The summed E-state index contributed by atoms with van der Waals surface area (Å²) in [4.78, 5) is 12.7. The summed E-state index contributed by atoms with van der Waals surface area (Å²) in [6, 6.07) is 8.85. The molecule has 31 heavy (non-hydrogen) atoms. The smallest absolute Gasteiger partial charge is 0.416 e. The molecule has 4 rings (SSSR count). The summed E-state index contributed by atoms with van der Waals surface area (Å²) in [7, 11) is -2.27. The first-order valence-electron chi connectivity index (χ1n) is 9.62. The molecular formula is C21H20F3NO5S. The minimum absolute atomic E-state index is 0.00177. The molecular weight excluding hydrogens is 435 g/mol. The van der Waals surface area contributed by atoms with Crippen LogP contribution >= 0.6 is 0 Å². The Kier molecular flexibility index (Phi) is 5.25. The molecule has 2 aliphatic heterocycles. The molecule has 1 saturated heterocycles. The highest BCUT2D eigenvalue weighted by Crippen LogP contribution is 2.42. The number of hydrogen-bond donors (Lipinski definition) is 0. The Morgan fingerprint density at radius 1 is 1.06 bits per heavy atom. The molecule has 166 valence electrons. The first kappa shape index (κ1) is 21.6. The monoisotopic (exact) mass is 455 g/mol. The number of carbonyl (C=O) groups is 1. The summed E-state index contributed by atoms with van der Waals surface area (Å²) >= 11 is 0. The Morgan fingerprint density at radius 2 is 1.71 bits per heavy atom. The summed E-state index contributed by atoms with van der Waals surface area (Å²) in [5, 5.41) is 0. The maximum Gasteiger partial charge on any atom is 0.416 e. The van der Waals surface area contributed by atoms with Gasteiger partial charge in [0.2, 0.25) is 10.0 Å². The minimum Gasteiger partial charge on any atom is -0.497 e. The van der Waals surface area contributed by atoms with Gasteiger partial charge >= 0.3 is 6.18 Å². The van der Waals surface area contributed by atoms with Gasteiger partial charge in [-0.15, -0.1) is 0 Å². The highest BCUT2D eigenvalue weighted by Gasteiger charge is 2.45. The molecule has 6 nitrogen and oxygen atoms in total. The van der Waals surface area contributed by atoms with E-state index in [2.05, 4.69) is 0 Å². The van der Waals surface area contributed by atoms with Crippen molar-refractivity contribution in [3.05, 3.63) is 53.6 Å². The van der Waals surface area contributed by atoms with Gasteiger partial charge in [0.05, 0.1) is 29.6 Å². The lowest BCUT2D eigenvalue weighted by molar-refractivity contribution is -0.137. The molecule has 1 spiro atoms. The van der Waals surface area contributed by atoms with E-state index in [1.54, 1.807) is 12.1 Å². The molecule has 0 N–H and O–H groups in total. The van der Waals surface area contributed by atoms with Crippen LogP contribution in [0.2, 0.25) is 0 Å². The lowest BCUT2D eigenvalue weighted by Crippen LogP contribution is -2.52. The van der Waals surface area contributed by atoms with Gasteiger partial charge in [-0.05, 0) is 42.5 Å². The summed E-state index contributed by atoms with van der Waals surface area (Å²) in [5.41, 5.74) is -1.79. The van der Waals surface area contributed by atoms with Crippen molar-refractivity contribution in [2.24, 2.45) is 0 Å².